The minimum absolute atomic E-state index is 0.294. The van der Waals surface area contributed by atoms with Gasteiger partial charge in [-0.15, -0.1) is 0 Å². The molecule has 0 radical (unpaired) electrons. The van der Waals surface area contributed by atoms with Crippen LogP contribution in [0.4, 0.5) is 5.82 Å². The van der Waals surface area contributed by atoms with E-state index in [1.807, 2.05) is 48.5 Å². The third-order valence-electron chi connectivity index (χ3n) is 4.89. The summed E-state index contributed by atoms with van der Waals surface area (Å²) in [5.41, 5.74) is 1.00. The highest BCUT2D eigenvalue weighted by Gasteiger charge is 2.45. The van der Waals surface area contributed by atoms with E-state index in [-0.39, 0.29) is 5.91 Å². The smallest absolute Gasteiger partial charge is 0.339 e. The summed E-state index contributed by atoms with van der Waals surface area (Å²) in [6.45, 7) is 2.01. The average molecular weight is 372 g/mol. The van der Waals surface area contributed by atoms with Gasteiger partial charge in [-0.25, -0.2) is 9.78 Å². The molecule has 1 amide bonds. The molecule has 2 heterocycles. The van der Waals surface area contributed by atoms with Crippen molar-refractivity contribution in [2.45, 2.75) is 25.5 Å². The van der Waals surface area contributed by atoms with Crippen LogP contribution in [-0.4, -0.2) is 22.5 Å². The fourth-order valence-corrected chi connectivity index (χ4v) is 3.47. The Labute approximate surface area is 163 Å². The first-order chi connectivity index (χ1) is 13.6. The maximum Gasteiger partial charge on any atom is 0.339 e. The normalized spacial score (nSPS) is 18.1. The number of esters is 1. The van der Waals surface area contributed by atoms with Crippen LogP contribution in [-0.2, 0) is 22.5 Å². The number of benzene rings is 2. The highest BCUT2D eigenvalue weighted by molar-refractivity contribution is 6.03. The third-order valence-corrected chi connectivity index (χ3v) is 4.89. The van der Waals surface area contributed by atoms with E-state index in [4.69, 9.17) is 4.74 Å². The zero-order chi connectivity index (χ0) is 19.6. The number of carbonyl (C=O) groups excluding carboxylic acids is 2. The number of aromatic nitrogens is 1. The fourth-order valence-electron chi connectivity index (χ4n) is 3.47. The number of pyridine rings is 1. The molecule has 5 nitrogen and oxygen atoms in total. The monoisotopic (exact) mass is 372 g/mol. The van der Waals surface area contributed by atoms with E-state index in [1.54, 1.807) is 42.3 Å². The van der Waals surface area contributed by atoms with Gasteiger partial charge in [0.05, 0.1) is 12.1 Å². The lowest BCUT2D eigenvalue weighted by Crippen LogP contribution is -2.53. The number of rotatable bonds is 4. The van der Waals surface area contributed by atoms with Crippen LogP contribution in [0.5, 0.6) is 0 Å². The van der Waals surface area contributed by atoms with Crippen molar-refractivity contribution in [1.29, 1.82) is 0 Å². The first-order valence-electron chi connectivity index (χ1n) is 9.15. The predicted octanol–water partition coefficient (Wildman–Crippen LogP) is 3.79. The molecule has 140 valence electrons. The molecule has 1 aromatic heterocycles. The summed E-state index contributed by atoms with van der Waals surface area (Å²) < 4.78 is 5.64. The van der Waals surface area contributed by atoms with Gasteiger partial charge in [0.2, 0.25) is 0 Å². The Bertz CT molecular complexity index is 1000. The molecule has 0 spiro atoms. The summed E-state index contributed by atoms with van der Waals surface area (Å²) >= 11 is 0. The minimum atomic E-state index is -1.29. The summed E-state index contributed by atoms with van der Waals surface area (Å²) in [5.74, 6) is -0.247. The maximum absolute atomic E-state index is 13.6. The quantitative estimate of drug-likeness (QED) is 0.654. The number of hydrogen-bond acceptors (Lipinski definition) is 4. The van der Waals surface area contributed by atoms with Crippen molar-refractivity contribution in [3.05, 3.63) is 95.7 Å². The summed E-state index contributed by atoms with van der Waals surface area (Å²) in [6, 6.07) is 22.3. The molecule has 4 rings (SSSR count). The number of anilines is 1. The molecule has 0 aliphatic carbocycles. The van der Waals surface area contributed by atoms with Crippen LogP contribution in [0.2, 0.25) is 0 Å². The Hall–Kier alpha value is -3.47. The largest absolute Gasteiger partial charge is 0.445 e. The Morgan fingerprint density at radius 3 is 2.50 bits per heavy atom. The lowest BCUT2D eigenvalue weighted by atomic mass is 9.88. The average Bonchev–Trinajstić information content (AvgIpc) is 2.73. The van der Waals surface area contributed by atoms with E-state index in [0.29, 0.717) is 24.3 Å². The SMILES string of the molecule is CC1(C(=O)N(Cc2ccccc2)c2ccccn2)Cc2ccccc2C(=O)O1. The van der Waals surface area contributed by atoms with Gasteiger partial charge < -0.3 is 4.74 Å². The van der Waals surface area contributed by atoms with Crippen LogP contribution < -0.4 is 4.90 Å². The molecule has 0 saturated carbocycles. The molecular weight excluding hydrogens is 352 g/mol. The highest BCUT2D eigenvalue weighted by Crippen LogP contribution is 2.31. The molecule has 0 fully saturated rings. The zero-order valence-electron chi connectivity index (χ0n) is 15.5. The van der Waals surface area contributed by atoms with Crippen LogP contribution in [0.25, 0.3) is 0 Å². The van der Waals surface area contributed by atoms with Gasteiger partial charge >= 0.3 is 5.97 Å². The van der Waals surface area contributed by atoms with Gasteiger partial charge in [0.25, 0.3) is 5.91 Å². The Morgan fingerprint density at radius 1 is 1.04 bits per heavy atom. The van der Waals surface area contributed by atoms with Crippen molar-refractivity contribution in [1.82, 2.24) is 4.98 Å². The zero-order valence-corrected chi connectivity index (χ0v) is 15.5. The molecule has 1 atom stereocenters. The number of nitrogens with zero attached hydrogens (tertiary/aromatic N) is 2. The first-order valence-corrected chi connectivity index (χ1v) is 9.15. The Balaban J connectivity index is 1.70. The van der Waals surface area contributed by atoms with E-state index in [2.05, 4.69) is 4.98 Å². The molecule has 5 heteroatoms. The fraction of sp³-hybridized carbons (Fsp3) is 0.174. The number of cyclic esters (lactones) is 1. The van der Waals surface area contributed by atoms with Crippen LogP contribution in [0, 0.1) is 0 Å². The summed E-state index contributed by atoms with van der Waals surface area (Å²) in [5, 5.41) is 0. The predicted molar refractivity (Wildman–Crippen MR) is 106 cm³/mol. The number of hydrogen-bond donors (Lipinski definition) is 0. The van der Waals surface area contributed by atoms with Gasteiger partial charge in [0.1, 0.15) is 5.82 Å². The third kappa shape index (κ3) is 3.39. The Kier molecular flexibility index (Phi) is 4.65. The molecule has 0 saturated heterocycles. The molecule has 0 N–H and O–H groups in total. The topological polar surface area (TPSA) is 59.5 Å². The maximum atomic E-state index is 13.6. The molecule has 1 aliphatic rings. The van der Waals surface area contributed by atoms with Gasteiger partial charge in [-0.05, 0) is 36.2 Å². The van der Waals surface area contributed by atoms with Crippen molar-refractivity contribution in [2.24, 2.45) is 0 Å². The number of amides is 1. The number of carbonyl (C=O) groups is 2. The molecule has 3 aromatic rings. The molecule has 1 aliphatic heterocycles. The van der Waals surface area contributed by atoms with E-state index >= 15 is 0 Å². The standard InChI is InChI=1S/C23H20N2O3/c1-23(15-18-11-5-6-12-19(18)21(26)28-23)22(27)25(20-13-7-8-14-24-20)16-17-9-3-2-4-10-17/h2-14H,15-16H2,1H3. The molecule has 0 bridgehead atoms. The second-order valence-corrected chi connectivity index (χ2v) is 7.02. The van der Waals surface area contributed by atoms with Crippen molar-refractivity contribution < 1.29 is 14.3 Å². The van der Waals surface area contributed by atoms with Crippen LogP contribution in [0.3, 0.4) is 0 Å². The highest BCUT2D eigenvalue weighted by atomic mass is 16.6. The van der Waals surface area contributed by atoms with Gasteiger partial charge in [-0.1, -0.05) is 54.6 Å². The van der Waals surface area contributed by atoms with Crippen LogP contribution in [0.1, 0.15) is 28.4 Å². The molecule has 1 unspecified atom stereocenters. The number of fused-ring (bicyclic) bond motifs is 1. The lowest BCUT2D eigenvalue weighted by molar-refractivity contribution is -0.137. The van der Waals surface area contributed by atoms with E-state index in [0.717, 1.165) is 11.1 Å². The van der Waals surface area contributed by atoms with Gasteiger partial charge in [0.15, 0.2) is 5.60 Å². The van der Waals surface area contributed by atoms with Crippen LogP contribution >= 0.6 is 0 Å². The second kappa shape index (κ2) is 7.27. The van der Waals surface area contributed by atoms with Gasteiger partial charge in [-0.2, -0.15) is 0 Å². The molecule has 2 aromatic carbocycles. The minimum Gasteiger partial charge on any atom is -0.445 e. The molecule has 28 heavy (non-hydrogen) atoms. The number of ether oxygens (including phenoxy) is 1. The van der Waals surface area contributed by atoms with E-state index < -0.39 is 11.6 Å². The van der Waals surface area contributed by atoms with E-state index in [1.165, 1.54) is 0 Å². The van der Waals surface area contributed by atoms with Crippen molar-refractivity contribution >= 4 is 17.7 Å². The Morgan fingerprint density at radius 2 is 1.75 bits per heavy atom. The second-order valence-electron chi connectivity index (χ2n) is 7.02. The lowest BCUT2D eigenvalue weighted by Gasteiger charge is -2.36. The first kappa shape index (κ1) is 17.9. The molecular formula is C23H20N2O3. The van der Waals surface area contributed by atoms with Crippen molar-refractivity contribution in [3.63, 3.8) is 0 Å². The van der Waals surface area contributed by atoms with E-state index in [9.17, 15) is 9.59 Å². The summed E-state index contributed by atoms with van der Waals surface area (Å²) in [6.07, 6.45) is 1.97. The van der Waals surface area contributed by atoms with Crippen molar-refractivity contribution in [3.8, 4) is 0 Å². The van der Waals surface area contributed by atoms with Crippen molar-refractivity contribution in [2.75, 3.05) is 4.90 Å². The summed E-state index contributed by atoms with van der Waals surface area (Å²) in [4.78, 5) is 32.0. The summed E-state index contributed by atoms with van der Waals surface area (Å²) in [7, 11) is 0. The van der Waals surface area contributed by atoms with Gasteiger partial charge in [-0.3, -0.25) is 9.69 Å². The van der Waals surface area contributed by atoms with Gasteiger partial charge in [0, 0.05) is 12.6 Å². The van der Waals surface area contributed by atoms with Crippen LogP contribution in [0.15, 0.2) is 79.0 Å².